The molecule has 18 heavy (non-hydrogen) atoms. The van der Waals surface area contributed by atoms with Gasteiger partial charge in [0.2, 0.25) is 10.0 Å². The van der Waals surface area contributed by atoms with E-state index in [1.165, 1.54) is 12.1 Å². The molecule has 6 heteroatoms. The Kier molecular flexibility index (Phi) is 3.33. The monoisotopic (exact) mass is 272 g/mol. The SMILES string of the molecule is CCC1(NS(=O)(=O)c2ccc(N)cc2F)CCC1. The summed E-state index contributed by atoms with van der Waals surface area (Å²) in [6, 6.07) is 3.61. The molecule has 0 radical (unpaired) electrons. The zero-order valence-corrected chi connectivity index (χ0v) is 11.1. The molecule has 0 aliphatic heterocycles. The molecule has 1 aliphatic carbocycles. The van der Waals surface area contributed by atoms with Gasteiger partial charge in [-0.3, -0.25) is 0 Å². The van der Waals surface area contributed by atoms with Crippen molar-refractivity contribution in [1.82, 2.24) is 4.72 Å². The van der Waals surface area contributed by atoms with Gasteiger partial charge in [-0.2, -0.15) is 0 Å². The van der Waals surface area contributed by atoms with E-state index in [4.69, 9.17) is 5.73 Å². The molecule has 1 aromatic carbocycles. The van der Waals surface area contributed by atoms with Crippen molar-refractivity contribution in [1.29, 1.82) is 0 Å². The maximum absolute atomic E-state index is 13.6. The van der Waals surface area contributed by atoms with E-state index in [0.717, 1.165) is 25.3 Å². The number of nitrogen functional groups attached to an aromatic ring is 1. The topological polar surface area (TPSA) is 72.2 Å². The van der Waals surface area contributed by atoms with Crippen LogP contribution in [0.3, 0.4) is 0 Å². The molecule has 0 heterocycles. The van der Waals surface area contributed by atoms with E-state index in [1.807, 2.05) is 6.92 Å². The summed E-state index contributed by atoms with van der Waals surface area (Å²) in [5, 5.41) is 0. The zero-order valence-electron chi connectivity index (χ0n) is 10.2. The molecule has 0 atom stereocenters. The van der Waals surface area contributed by atoms with E-state index >= 15 is 0 Å². The second-order valence-electron chi connectivity index (χ2n) is 4.78. The van der Waals surface area contributed by atoms with E-state index in [9.17, 15) is 12.8 Å². The molecule has 4 nitrogen and oxygen atoms in total. The van der Waals surface area contributed by atoms with Crippen molar-refractivity contribution in [2.75, 3.05) is 5.73 Å². The van der Waals surface area contributed by atoms with Gasteiger partial charge in [-0.25, -0.2) is 17.5 Å². The van der Waals surface area contributed by atoms with Gasteiger partial charge in [0.25, 0.3) is 0 Å². The molecule has 100 valence electrons. The number of halogens is 1. The standard InChI is InChI=1S/C12H17FN2O2S/c1-2-12(6-3-7-12)15-18(16,17)11-5-4-9(14)8-10(11)13/h4-5,8,15H,2-3,6-7,14H2,1H3. The summed E-state index contributed by atoms with van der Waals surface area (Å²) < 4.78 is 40.6. The quantitative estimate of drug-likeness (QED) is 0.824. The summed E-state index contributed by atoms with van der Waals surface area (Å²) in [6.45, 7) is 1.93. The molecule has 0 saturated heterocycles. The number of nitrogens with two attached hydrogens (primary N) is 1. The lowest BCUT2D eigenvalue weighted by Crippen LogP contribution is -2.52. The van der Waals surface area contributed by atoms with E-state index < -0.39 is 21.4 Å². The summed E-state index contributed by atoms with van der Waals surface area (Å²) in [5.74, 6) is -0.812. The minimum atomic E-state index is -3.82. The third kappa shape index (κ3) is 2.35. The van der Waals surface area contributed by atoms with Gasteiger partial charge in [0.05, 0.1) is 0 Å². The summed E-state index contributed by atoms with van der Waals surface area (Å²) >= 11 is 0. The predicted molar refractivity (Wildman–Crippen MR) is 68.0 cm³/mol. The third-order valence-corrected chi connectivity index (χ3v) is 5.20. The Balaban J connectivity index is 2.31. The summed E-state index contributed by atoms with van der Waals surface area (Å²) in [6.07, 6.45) is 3.32. The lowest BCUT2D eigenvalue weighted by atomic mass is 9.76. The molecule has 0 bridgehead atoms. The minimum Gasteiger partial charge on any atom is -0.399 e. The van der Waals surface area contributed by atoms with E-state index in [-0.39, 0.29) is 10.6 Å². The van der Waals surface area contributed by atoms with Gasteiger partial charge in [-0.15, -0.1) is 0 Å². The van der Waals surface area contributed by atoms with Crippen molar-refractivity contribution >= 4 is 15.7 Å². The van der Waals surface area contributed by atoms with Crippen LogP contribution >= 0.6 is 0 Å². The molecule has 1 saturated carbocycles. The maximum Gasteiger partial charge on any atom is 0.243 e. The number of rotatable bonds is 4. The van der Waals surface area contributed by atoms with Crippen LogP contribution in [0.5, 0.6) is 0 Å². The average Bonchev–Trinajstić information content (AvgIpc) is 2.23. The average molecular weight is 272 g/mol. The van der Waals surface area contributed by atoms with Crippen molar-refractivity contribution in [3.8, 4) is 0 Å². The Morgan fingerprint density at radius 3 is 2.56 bits per heavy atom. The second-order valence-corrected chi connectivity index (χ2v) is 6.43. The largest absolute Gasteiger partial charge is 0.399 e. The Morgan fingerprint density at radius 1 is 1.44 bits per heavy atom. The normalized spacial score (nSPS) is 18.3. The number of benzene rings is 1. The van der Waals surface area contributed by atoms with Gasteiger partial charge in [0, 0.05) is 11.2 Å². The zero-order chi connectivity index (χ0) is 13.4. The first-order chi connectivity index (χ1) is 8.38. The Hall–Kier alpha value is -1.14. The lowest BCUT2D eigenvalue weighted by molar-refractivity contribution is 0.213. The molecular weight excluding hydrogens is 255 g/mol. The fourth-order valence-corrected chi connectivity index (χ4v) is 3.80. The lowest BCUT2D eigenvalue weighted by Gasteiger charge is -2.41. The van der Waals surface area contributed by atoms with Crippen LogP contribution in [0.2, 0.25) is 0 Å². The highest BCUT2D eigenvalue weighted by atomic mass is 32.2. The number of hydrogen-bond acceptors (Lipinski definition) is 3. The predicted octanol–water partition coefficient (Wildman–Crippen LogP) is 2.02. The maximum atomic E-state index is 13.6. The summed E-state index contributed by atoms with van der Waals surface area (Å²) in [4.78, 5) is -0.337. The number of nitrogens with one attached hydrogen (secondary N) is 1. The molecule has 0 aromatic heterocycles. The van der Waals surface area contributed by atoms with Crippen LogP contribution in [0.1, 0.15) is 32.6 Å². The minimum absolute atomic E-state index is 0.209. The first-order valence-electron chi connectivity index (χ1n) is 5.98. The van der Waals surface area contributed by atoms with Crippen LogP contribution in [-0.2, 0) is 10.0 Å². The molecule has 0 amide bonds. The van der Waals surface area contributed by atoms with Gasteiger partial charge in [0.1, 0.15) is 10.7 Å². The van der Waals surface area contributed by atoms with Crippen LogP contribution < -0.4 is 10.5 Å². The van der Waals surface area contributed by atoms with Crippen molar-refractivity contribution in [2.45, 2.75) is 43.0 Å². The Labute approximate surface area is 106 Å². The van der Waals surface area contributed by atoms with Crippen LogP contribution in [0.25, 0.3) is 0 Å². The summed E-state index contributed by atoms with van der Waals surface area (Å²) in [5.41, 5.74) is 5.22. The molecular formula is C12H17FN2O2S. The molecule has 2 rings (SSSR count). The van der Waals surface area contributed by atoms with Gasteiger partial charge >= 0.3 is 0 Å². The van der Waals surface area contributed by atoms with Crippen LogP contribution in [-0.4, -0.2) is 14.0 Å². The van der Waals surface area contributed by atoms with Crippen molar-refractivity contribution < 1.29 is 12.8 Å². The molecule has 0 spiro atoms. The first kappa shape index (κ1) is 13.3. The third-order valence-electron chi connectivity index (χ3n) is 3.58. The molecule has 3 N–H and O–H groups in total. The van der Waals surface area contributed by atoms with Crippen molar-refractivity contribution in [3.05, 3.63) is 24.0 Å². The second kappa shape index (κ2) is 4.51. The highest BCUT2D eigenvalue weighted by Crippen LogP contribution is 2.36. The molecule has 1 aliphatic rings. The first-order valence-corrected chi connectivity index (χ1v) is 7.46. The van der Waals surface area contributed by atoms with E-state index in [2.05, 4.69) is 4.72 Å². The molecule has 1 aromatic rings. The fourth-order valence-electron chi connectivity index (χ4n) is 2.21. The Morgan fingerprint density at radius 2 is 2.11 bits per heavy atom. The van der Waals surface area contributed by atoms with Crippen LogP contribution in [0.15, 0.2) is 23.1 Å². The van der Waals surface area contributed by atoms with Crippen molar-refractivity contribution in [3.63, 3.8) is 0 Å². The van der Waals surface area contributed by atoms with Gasteiger partial charge in [-0.05, 0) is 43.9 Å². The van der Waals surface area contributed by atoms with Gasteiger partial charge < -0.3 is 5.73 Å². The number of sulfonamides is 1. The van der Waals surface area contributed by atoms with E-state index in [0.29, 0.717) is 6.42 Å². The summed E-state index contributed by atoms with van der Waals surface area (Å²) in [7, 11) is -3.82. The van der Waals surface area contributed by atoms with Crippen molar-refractivity contribution in [2.24, 2.45) is 0 Å². The van der Waals surface area contributed by atoms with Gasteiger partial charge in [-0.1, -0.05) is 6.92 Å². The fraction of sp³-hybridized carbons (Fsp3) is 0.500. The number of hydrogen-bond donors (Lipinski definition) is 2. The molecule has 1 fully saturated rings. The van der Waals surface area contributed by atoms with E-state index in [1.54, 1.807) is 0 Å². The van der Waals surface area contributed by atoms with Gasteiger partial charge in [0.15, 0.2) is 0 Å². The highest BCUT2D eigenvalue weighted by Gasteiger charge is 2.39. The highest BCUT2D eigenvalue weighted by molar-refractivity contribution is 7.89. The van der Waals surface area contributed by atoms with Crippen LogP contribution in [0.4, 0.5) is 10.1 Å². The smallest absolute Gasteiger partial charge is 0.243 e. The van der Waals surface area contributed by atoms with Crippen LogP contribution in [0, 0.1) is 5.82 Å². The number of anilines is 1. The molecule has 0 unspecified atom stereocenters. The Bertz CT molecular complexity index is 548.